The predicted octanol–water partition coefficient (Wildman–Crippen LogP) is 2.31. The molecule has 0 fully saturated rings. The standard InChI is InChI=1S/C17H17BrN2O4/c18-13-5-1-4-12(10-13)16(22)20-15(11-14-6-2-9-24-14)17(23)19-7-3-8-21/h1-2,4-6,9-11,21H,3,7-8H2,(H,19,23)(H,20,22)/b15-11+. The van der Waals surface area contributed by atoms with Crippen LogP contribution in [0.15, 0.2) is 57.2 Å². The van der Waals surface area contributed by atoms with Crippen LogP contribution in [-0.2, 0) is 4.79 Å². The third-order valence-corrected chi connectivity index (χ3v) is 3.52. The lowest BCUT2D eigenvalue weighted by atomic mass is 10.2. The minimum absolute atomic E-state index is 0.0259. The minimum atomic E-state index is -0.455. The molecule has 0 bridgehead atoms. The average molecular weight is 393 g/mol. The van der Waals surface area contributed by atoms with Crippen molar-refractivity contribution in [3.63, 3.8) is 0 Å². The highest BCUT2D eigenvalue weighted by Gasteiger charge is 2.15. The summed E-state index contributed by atoms with van der Waals surface area (Å²) in [5, 5.41) is 14.0. The third kappa shape index (κ3) is 5.36. The van der Waals surface area contributed by atoms with E-state index in [0.717, 1.165) is 4.47 Å². The van der Waals surface area contributed by atoms with Gasteiger partial charge in [-0.05, 0) is 36.8 Å². The molecule has 6 nitrogen and oxygen atoms in total. The van der Waals surface area contributed by atoms with E-state index in [1.807, 2.05) is 0 Å². The summed E-state index contributed by atoms with van der Waals surface area (Å²) in [4.78, 5) is 24.6. The summed E-state index contributed by atoms with van der Waals surface area (Å²) in [6.45, 7) is 0.277. The number of carbonyl (C=O) groups excluding carboxylic acids is 2. The van der Waals surface area contributed by atoms with Crippen LogP contribution >= 0.6 is 15.9 Å². The summed E-state index contributed by atoms with van der Waals surface area (Å²) in [6.07, 6.45) is 3.35. The molecule has 1 aromatic carbocycles. The summed E-state index contributed by atoms with van der Waals surface area (Å²) < 4.78 is 5.95. The van der Waals surface area contributed by atoms with Crippen LogP contribution < -0.4 is 10.6 Å². The molecule has 126 valence electrons. The number of nitrogens with one attached hydrogen (secondary N) is 2. The van der Waals surface area contributed by atoms with Crippen LogP contribution in [0.5, 0.6) is 0 Å². The molecule has 0 saturated carbocycles. The normalized spacial score (nSPS) is 11.2. The fraction of sp³-hybridized carbons (Fsp3) is 0.176. The summed E-state index contributed by atoms with van der Waals surface area (Å²) >= 11 is 3.30. The summed E-state index contributed by atoms with van der Waals surface area (Å²) in [5.41, 5.74) is 0.478. The Hall–Kier alpha value is -2.38. The fourth-order valence-electron chi connectivity index (χ4n) is 1.87. The number of hydrogen-bond donors (Lipinski definition) is 3. The molecule has 0 aliphatic rings. The monoisotopic (exact) mass is 392 g/mol. The van der Waals surface area contributed by atoms with Crippen molar-refractivity contribution in [3.05, 3.63) is 64.2 Å². The number of amides is 2. The van der Waals surface area contributed by atoms with Gasteiger partial charge >= 0.3 is 0 Å². The van der Waals surface area contributed by atoms with Crippen molar-refractivity contribution in [3.8, 4) is 0 Å². The van der Waals surface area contributed by atoms with E-state index in [4.69, 9.17) is 9.52 Å². The Morgan fingerprint density at radius 1 is 1.25 bits per heavy atom. The van der Waals surface area contributed by atoms with Crippen molar-refractivity contribution in [1.82, 2.24) is 10.6 Å². The molecule has 2 rings (SSSR count). The number of aliphatic hydroxyl groups is 1. The van der Waals surface area contributed by atoms with E-state index in [9.17, 15) is 9.59 Å². The van der Waals surface area contributed by atoms with Gasteiger partial charge in [-0.25, -0.2) is 0 Å². The van der Waals surface area contributed by atoms with E-state index in [0.29, 0.717) is 24.3 Å². The van der Waals surface area contributed by atoms with Gasteiger partial charge in [-0.2, -0.15) is 0 Å². The molecule has 24 heavy (non-hydrogen) atoms. The zero-order chi connectivity index (χ0) is 17.4. The van der Waals surface area contributed by atoms with Crippen LogP contribution in [0.1, 0.15) is 22.5 Å². The Labute approximate surface area is 147 Å². The SMILES string of the molecule is O=C(NCCCO)/C(=C\c1ccco1)NC(=O)c1cccc(Br)c1. The lowest BCUT2D eigenvalue weighted by molar-refractivity contribution is -0.117. The quantitative estimate of drug-likeness (QED) is 0.497. The van der Waals surface area contributed by atoms with Crippen molar-refractivity contribution in [2.24, 2.45) is 0 Å². The smallest absolute Gasteiger partial charge is 0.267 e. The predicted molar refractivity (Wildman–Crippen MR) is 93.0 cm³/mol. The van der Waals surface area contributed by atoms with Crippen LogP contribution in [-0.4, -0.2) is 30.1 Å². The van der Waals surface area contributed by atoms with Crippen molar-refractivity contribution >= 4 is 33.8 Å². The van der Waals surface area contributed by atoms with Gasteiger partial charge in [0, 0.05) is 29.3 Å². The molecule has 0 atom stereocenters. The Morgan fingerprint density at radius 3 is 2.75 bits per heavy atom. The Bertz CT molecular complexity index is 726. The molecular formula is C17H17BrN2O4. The molecule has 0 aliphatic heterocycles. The second-order valence-electron chi connectivity index (χ2n) is 4.87. The van der Waals surface area contributed by atoms with Gasteiger partial charge in [-0.1, -0.05) is 22.0 Å². The first kappa shape index (κ1) is 18.0. The first-order valence-electron chi connectivity index (χ1n) is 7.31. The zero-order valence-electron chi connectivity index (χ0n) is 12.8. The van der Waals surface area contributed by atoms with Gasteiger partial charge in [0.2, 0.25) is 0 Å². The van der Waals surface area contributed by atoms with Gasteiger partial charge in [0.05, 0.1) is 6.26 Å². The Morgan fingerprint density at radius 2 is 2.08 bits per heavy atom. The van der Waals surface area contributed by atoms with Crippen LogP contribution in [0.4, 0.5) is 0 Å². The van der Waals surface area contributed by atoms with Gasteiger partial charge in [0.25, 0.3) is 11.8 Å². The number of aliphatic hydroxyl groups excluding tert-OH is 1. The number of benzene rings is 1. The van der Waals surface area contributed by atoms with E-state index in [-0.39, 0.29) is 12.3 Å². The van der Waals surface area contributed by atoms with E-state index < -0.39 is 11.8 Å². The summed E-state index contributed by atoms with van der Waals surface area (Å²) in [6, 6.07) is 10.2. The van der Waals surface area contributed by atoms with E-state index in [1.165, 1.54) is 12.3 Å². The molecule has 0 aliphatic carbocycles. The zero-order valence-corrected chi connectivity index (χ0v) is 14.4. The first-order chi connectivity index (χ1) is 11.6. The van der Waals surface area contributed by atoms with Crippen molar-refractivity contribution < 1.29 is 19.1 Å². The molecule has 0 unspecified atom stereocenters. The molecule has 0 spiro atoms. The fourth-order valence-corrected chi connectivity index (χ4v) is 2.27. The number of halogens is 1. The van der Waals surface area contributed by atoms with E-state index in [1.54, 1.807) is 36.4 Å². The molecule has 3 N–H and O–H groups in total. The van der Waals surface area contributed by atoms with Crippen LogP contribution in [0.2, 0.25) is 0 Å². The highest BCUT2D eigenvalue weighted by atomic mass is 79.9. The lowest BCUT2D eigenvalue weighted by Gasteiger charge is -2.10. The largest absolute Gasteiger partial charge is 0.465 e. The van der Waals surface area contributed by atoms with Crippen LogP contribution in [0, 0.1) is 0 Å². The highest BCUT2D eigenvalue weighted by Crippen LogP contribution is 2.12. The maximum Gasteiger partial charge on any atom is 0.267 e. The molecule has 0 radical (unpaired) electrons. The molecule has 2 aromatic rings. The van der Waals surface area contributed by atoms with Crippen LogP contribution in [0.25, 0.3) is 6.08 Å². The molecule has 1 aromatic heterocycles. The topological polar surface area (TPSA) is 91.6 Å². The van der Waals surface area contributed by atoms with Gasteiger partial charge in [0.15, 0.2) is 0 Å². The Balaban J connectivity index is 2.16. The molecule has 1 heterocycles. The highest BCUT2D eigenvalue weighted by molar-refractivity contribution is 9.10. The van der Waals surface area contributed by atoms with Gasteiger partial charge in [-0.15, -0.1) is 0 Å². The second-order valence-corrected chi connectivity index (χ2v) is 5.79. The van der Waals surface area contributed by atoms with Crippen molar-refractivity contribution in [2.45, 2.75) is 6.42 Å². The first-order valence-corrected chi connectivity index (χ1v) is 8.10. The number of hydrogen-bond acceptors (Lipinski definition) is 4. The molecule has 7 heteroatoms. The van der Waals surface area contributed by atoms with Crippen LogP contribution in [0.3, 0.4) is 0 Å². The van der Waals surface area contributed by atoms with Crippen molar-refractivity contribution in [2.75, 3.05) is 13.2 Å². The second kappa shape index (κ2) is 9.05. The minimum Gasteiger partial charge on any atom is -0.465 e. The summed E-state index contributed by atoms with van der Waals surface area (Å²) in [5.74, 6) is -0.425. The number of rotatable bonds is 7. The maximum atomic E-state index is 12.3. The molecular weight excluding hydrogens is 376 g/mol. The lowest BCUT2D eigenvalue weighted by Crippen LogP contribution is -2.35. The van der Waals surface area contributed by atoms with Gasteiger partial charge in [-0.3, -0.25) is 9.59 Å². The Kier molecular flexibility index (Phi) is 6.77. The van der Waals surface area contributed by atoms with Crippen molar-refractivity contribution in [1.29, 1.82) is 0 Å². The number of carbonyl (C=O) groups is 2. The maximum absolute atomic E-state index is 12.3. The number of furan rings is 1. The molecule has 2 amide bonds. The van der Waals surface area contributed by atoms with E-state index in [2.05, 4.69) is 26.6 Å². The van der Waals surface area contributed by atoms with Gasteiger partial charge < -0.3 is 20.2 Å². The third-order valence-electron chi connectivity index (χ3n) is 3.03. The molecule has 0 saturated heterocycles. The summed E-state index contributed by atoms with van der Waals surface area (Å²) in [7, 11) is 0. The average Bonchev–Trinajstić information content (AvgIpc) is 3.07. The van der Waals surface area contributed by atoms with E-state index >= 15 is 0 Å². The van der Waals surface area contributed by atoms with Gasteiger partial charge in [0.1, 0.15) is 11.5 Å².